The molecule has 3 nitrogen and oxygen atoms in total. The van der Waals surface area contributed by atoms with Crippen LogP contribution < -0.4 is 5.32 Å². The van der Waals surface area contributed by atoms with Crippen molar-refractivity contribution in [3.8, 4) is 0 Å². The molecule has 0 spiro atoms. The number of nitrogens with zero attached hydrogens (tertiary/aromatic N) is 1. The molecule has 0 amide bonds. The molecule has 0 aliphatic heterocycles. The zero-order valence-electron chi connectivity index (χ0n) is 6.16. The lowest BCUT2D eigenvalue weighted by Crippen LogP contribution is -1.86. The number of isocyanates is 1. The summed E-state index contributed by atoms with van der Waals surface area (Å²) in [4.78, 5) is 13.4. The summed E-state index contributed by atoms with van der Waals surface area (Å²) in [5, 5.41) is 2.91. The van der Waals surface area contributed by atoms with Gasteiger partial charge in [0.1, 0.15) is 0 Å². The first-order chi connectivity index (χ1) is 5.38. The van der Waals surface area contributed by atoms with Crippen molar-refractivity contribution in [3.63, 3.8) is 0 Å². The van der Waals surface area contributed by atoms with Gasteiger partial charge in [0.05, 0.1) is 11.4 Å². The first-order valence-corrected chi connectivity index (χ1v) is 3.23. The fraction of sp³-hybridized carbons (Fsp3) is 0.125. The molecular formula is C8H8N2O. The first kappa shape index (κ1) is 7.51. The van der Waals surface area contributed by atoms with Gasteiger partial charge >= 0.3 is 0 Å². The van der Waals surface area contributed by atoms with Crippen LogP contribution in [0.5, 0.6) is 0 Å². The SMILES string of the molecule is CNc1ccccc1N=C=O. The highest BCUT2D eigenvalue weighted by atomic mass is 16.1. The molecule has 11 heavy (non-hydrogen) atoms. The highest BCUT2D eigenvalue weighted by Gasteiger charge is 1.94. The van der Waals surface area contributed by atoms with Crippen LogP contribution in [0.15, 0.2) is 29.3 Å². The normalized spacial score (nSPS) is 8.45. The predicted octanol–water partition coefficient (Wildman–Crippen LogP) is 1.70. The summed E-state index contributed by atoms with van der Waals surface area (Å²) < 4.78 is 0. The van der Waals surface area contributed by atoms with Crippen LogP contribution in [-0.2, 0) is 4.79 Å². The fourth-order valence-electron chi connectivity index (χ4n) is 0.832. The Morgan fingerprint density at radius 2 is 2.18 bits per heavy atom. The highest BCUT2D eigenvalue weighted by Crippen LogP contribution is 2.22. The van der Waals surface area contributed by atoms with Crippen molar-refractivity contribution in [3.05, 3.63) is 24.3 Å². The van der Waals surface area contributed by atoms with Crippen LogP contribution >= 0.6 is 0 Å². The lowest BCUT2D eigenvalue weighted by molar-refractivity contribution is 0.565. The molecule has 0 bridgehead atoms. The van der Waals surface area contributed by atoms with Gasteiger partial charge in [0.15, 0.2) is 0 Å². The van der Waals surface area contributed by atoms with Gasteiger partial charge in [-0.05, 0) is 12.1 Å². The molecule has 1 aromatic carbocycles. The fourth-order valence-corrected chi connectivity index (χ4v) is 0.832. The lowest BCUT2D eigenvalue weighted by Gasteiger charge is -2.00. The van der Waals surface area contributed by atoms with E-state index in [0.717, 1.165) is 5.69 Å². The molecule has 0 aliphatic rings. The van der Waals surface area contributed by atoms with Crippen molar-refractivity contribution < 1.29 is 4.79 Å². The Bertz CT molecular complexity index is 290. The second-order valence-electron chi connectivity index (χ2n) is 1.97. The summed E-state index contributed by atoms with van der Waals surface area (Å²) in [5.41, 5.74) is 1.45. The number of nitrogens with one attached hydrogen (secondary N) is 1. The Morgan fingerprint density at radius 3 is 2.82 bits per heavy atom. The van der Waals surface area contributed by atoms with Crippen LogP contribution in [0.2, 0.25) is 0 Å². The smallest absolute Gasteiger partial charge is 0.240 e. The van der Waals surface area contributed by atoms with Crippen LogP contribution in [0.1, 0.15) is 0 Å². The molecule has 0 aliphatic carbocycles. The number of anilines is 1. The largest absolute Gasteiger partial charge is 0.386 e. The molecule has 3 heteroatoms. The van der Waals surface area contributed by atoms with E-state index in [1.54, 1.807) is 13.1 Å². The number of hydrogen-bond acceptors (Lipinski definition) is 3. The summed E-state index contributed by atoms with van der Waals surface area (Å²) in [7, 11) is 1.78. The number of carbonyl (C=O) groups excluding carboxylic acids is 1. The second-order valence-corrected chi connectivity index (χ2v) is 1.97. The van der Waals surface area contributed by atoms with Crippen molar-refractivity contribution >= 4 is 17.5 Å². The Morgan fingerprint density at radius 1 is 1.45 bits per heavy atom. The zero-order chi connectivity index (χ0) is 8.10. The average molecular weight is 148 g/mol. The van der Waals surface area contributed by atoms with Crippen molar-refractivity contribution in [1.82, 2.24) is 0 Å². The van der Waals surface area contributed by atoms with E-state index in [1.165, 1.54) is 6.08 Å². The summed E-state index contributed by atoms with van der Waals surface area (Å²) in [6.07, 6.45) is 1.49. The number of benzene rings is 1. The molecule has 0 saturated carbocycles. The van der Waals surface area contributed by atoms with E-state index in [9.17, 15) is 4.79 Å². The van der Waals surface area contributed by atoms with Gasteiger partial charge in [0.2, 0.25) is 6.08 Å². The predicted molar refractivity (Wildman–Crippen MR) is 43.8 cm³/mol. The Balaban J connectivity index is 3.11. The van der Waals surface area contributed by atoms with Crippen molar-refractivity contribution in [2.75, 3.05) is 12.4 Å². The van der Waals surface area contributed by atoms with E-state index in [1.807, 2.05) is 18.2 Å². The van der Waals surface area contributed by atoms with E-state index in [4.69, 9.17) is 0 Å². The van der Waals surface area contributed by atoms with Crippen LogP contribution in [-0.4, -0.2) is 13.1 Å². The first-order valence-electron chi connectivity index (χ1n) is 3.23. The summed E-state index contributed by atoms with van der Waals surface area (Å²) in [6.45, 7) is 0. The van der Waals surface area contributed by atoms with Gasteiger partial charge < -0.3 is 5.32 Å². The van der Waals surface area contributed by atoms with Crippen LogP contribution in [0.3, 0.4) is 0 Å². The van der Waals surface area contributed by atoms with Crippen molar-refractivity contribution in [1.29, 1.82) is 0 Å². The monoisotopic (exact) mass is 148 g/mol. The molecule has 0 unspecified atom stereocenters. The molecule has 0 aromatic heterocycles. The van der Waals surface area contributed by atoms with E-state index in [0.29, 0.717) is 5.69 Å². The van der Waals surface area contributed by atoms with Gasteiger partial charge in [-0.15, -0.1) is 0 Å². The van der Waals surface area contributed by atoms with Gasteiger partial charge in [0.25, 0.3) is 0 Å². The Kier molecular flexibility index (Phi) is 2.42. The number of hydrogen-bond donors (Lipinski definition) is 1. The maximum Gasteiger partial charge on any atom is 0.240 e. The van der Waals surface area contributed by atoms with Crippen molar-refractivity contribution in [2.45, 2.75) is 0 Å². The zero-order valence-corrected chi connectivity index (χ0v) is 6.16. The lowest BCUT2D eigenvalue weighted by atomic mass is 10.3. The minimum Gasteiger partial charge on any atom is -0.386 e. The number of rotatable bonds is 2. The minimum absolute atomic E-state index is 0.616. The average Bonchev–Trinajstić information content (AvgIpc) is 2.06. The van der Waals surface area contributed by atoms with Gasteiger partial charge in [-0.3, -0.25) is 0 Å². The third kappa shape index (κ3) is 1.66. The standard InChI is InChI=1S/C8H8N2O/c1-9-7-4-2-3-5-8(7)10-6-11/h2-5,9H,1H3. The molecule has 0 fully saturated rings. The van der Waals surface area contributed by atoms with Gasteiger partial charge in [-0.25, -0.2) is 4.79 Å². The van der Waals surface area contributed by atoms with Gasteiger partial charge in [-0.1, -0.05) is 12.1 Å². The summed E-state index contributed by atoms with van der Waals surface area (Å²) >= 11 is 0. The van der Waals surface area contributed by atoms with E-state index < -0.39 is 0 Å². The maximum atomic E-state index is 9.92. The molecule has 1 N–H and O–H groups in total. The molecule has 1 rings (SSSR count). The Labute approximate surface area is 64.8 Å². The second kappa shape index (κ2) is 3.54. The molecule has 0 radical (unpaired) electrons. The topological polar surface area (TPSA) is 41.5 Å². The molecular weight excluding hydrogens is 140 g/mol. The van der Waals surface area contributed by atoms with E-state index in [-0.39, 0.29) is 0 Å². The van der Waals surface area contributed by atoms with Crippen LogP contribution in [0, 0.1) is 0 Å². The highest BCUT2D eigenvalue weighted by molar-refractivity contribution is 5.67. The molecule has 0 heterocycles. The van der Waals surface area contributed by atoms with Crippen LogP contribution in [0.25, 0.3) is 0 Å². The maximum absolute atomic E-state index is 9.92. The summed E-state index contributed by atoms with van der Waals surface area (Å²) in [5.74, 6) is 0. The molecule has 56 valence electrons. The molecule has 1 aromatic rings. The van der Waals surface area contributed by atoms with Gasteiger partial charge in [0, 0.05) is 7.05 Å². The van der Waals surface area contributed by atoms with Crippen molar-refractivity contribution in [2.24, 2.45) is 4.99 Å². The number of para-hydroxylation sites is 2. The molecule has 0 saturated heterocycles. The van der Waals surface area contributed by atoms with E-state index in [2.05, 4.69) is 10.3 Å². The number of aliphatic imine (C=N–C) groups is 1. The van der Waals surface area contributed by atoms with Gasteiger partial charge in [-0.2, -0.15) is 4.99 Å². The van der Waals surface area contributed by atoms with E-state index >= 15 is 0 Å². The van der Waals surface area contributed by atoms with Crippen LogP contribution in [0.4, 0.5) is 11.4 Å². The Hall–Kier alpha value is -1.60. The third-order valence-corrected chi connectivity index (χ3v) is 1.34. The quantitative estimate of drug-likeness (QED) is 0.512. The third-order valence-electron chi connectivity index (χ3n) is 1.34. The minimum atomic E-state index is 0.616. The summed E-state index contributed by atoms with van der Waals surface area (Å²) in [6, 6.07) is 7.28. The molecule has 0 atom stereocenters.